The van der Waals surface area contributed by atoms with Crippen molar-refractivity contribution in [3.8, 4) is 11.5 Å². The molecular weight excluding hydrogens is 472 g/mol. The molecule has 188 valence electrons. The van der Waals surface area contributed by atoms with E-state index in [2.05, 4.69) is 5.32 Å². The maximum atomic E-state index is 14.2. The summed E-state index contributed by atoms with van der Waals surface area (Å²) >= 11 is 0. The number of carbonyl (C=O) groups is 3. The predicted molar refractivity (Wildman–Crippen MR) is 134 cm³/mol. The molecule has 4 atom stereocenters. The molecule has 0 spiro atoms. The summed E-state index contributed by atoms with van der Waals surface area (Å²) in [5.41, 5.74) is 1.19. The van der Waals surface area contributed by atoms with E-state index in [0.29, 0.717) is 36.0 Å². The Kier molecular flexibility index (Phi) is 5.49. The third-order valence-corrected chi connectivity index (χ3v) is 7.60. The number of imide groups is 1. The van der Waals surface area contributed by atoms with Crippen LogP contribution in [0, 0.1) is 18.8 Å². The summed E-state index contributed by atoms with van der Waals surface area (Å²) in [4.78, 5) is 43.2. The van der Waals surface area contributed by atoms with E-state index in [1.807, 2.05) is 37.3 Å². The first-order valence-corrected chi connectivity index (χ1v) is 12.2. The Morgan fingerprint density at radius 3 is 2.38 bits per heavy atom. The van der Waals surface area contributed by atoms with Crippen LogP contribution in [0.25, 0.3) is 0 Å². The van der Waals surface area contributed by atoms with Crippen molar-refractivity contribution < 1.29 is 28.6 Å². The van der Waals surface area contributed by atoms with Gasteiger partial charge < -0.3 is 14.2 Å². The lowest BCUT2D eigenvalue weighted by molar-refractivity contribution is -0.152. The standard InChI is InChI=1S/C29H26N2O6/c1-17-8-6-7-11-20(17)25-23-24(29(30-25,28(34)35-2)18-9-4-3-5-10-18)27(33)31(26(23)32)19-12-13-21-22(16-19)37-15-14-36-21/h3-13,16,23-25,30H,14-15H2,1-2H3/t23-,24+,25+,29+/m0/s1. The van der Waals surface area contributed by atoms with Crippen LogP contribution < -0.4 is 19.7 Å². The number of hydrogen-bond donors (Lipinski definition) is 1. The Balaban J connectivity index is 1.54. The van der Waals surface area contributed by atoms with Gasteiger partial charge in [0.2, 0.25) is 11.8 Å². The number of benzene rings is 3. The molecule has 3 aromatic rings. The smallest absolute Gasteiger partial charge is 0.331 e. The molecule has 0 saturated carbocycles. The fourth-order valence-electron chi connectivity index (χ4n) is 5.97. The molecule has 0 aromatic heterocycles. The van der Waals surface area contributed by atoms with Gasteiger partial charge in [0, 0.05) is 12.1 Å². The molecule has 0 radical (unpaired) electrons. The summed E-state index contributed by atoms with van der Waals surface area (Å²) in [5, 5.41) is 3.43. The highest BCUT2D eigenvalue weighted by molar-refractivity contribution is 6.24. The summed E-state index contributed by atoms with van der Waals surface area (Å²) in [7, 11) is 1.30. The number of methoxy groups -OCH3 is 1. The maximum absolute atomic E-state index is 14.2. The van der Waals surface area contributed by atoms with Crippen molar-refractivity contribution in [3.63, 3.8) is 0 Å². The minimum absolute atomic E-state index is 0.377. The van der Waals surface area contributed by atoms with Crippen LogP contribution in [-0.4, -0.2) is 38.1 Å². The highest BCUT2D eigenvalue weighted by Gasteiger charge is 2.69. The lowest BCUT2D eigenvalue weighted by atomic mass is 9.75. The van der Waals surface area contributed by atoms with Gasteiger partial charge in [-0.2, -0.15) is 0 Å². The number of esters is 1. The number of nitrogens with zero attached hydrogens (tertiary/aromatic N) is 1. The first kappa shape index (κ1) is 23.2. The highest BCUT2D eigenvalue weighted by atomic mass is 16.6. The number of aryl methyl sites for hydroxylation is 1. The van der Waals surface area contributed by atoms with Gasteiger partial charge in [-0.15, -0.1) is 0 Å². The molecule has 8 heteroatoms. The first-order chi connectivity index (χ1) is 18.0. The number of ether oxygens (including phenoxy) is 3. The molecule has 3 aliphatic rings. The second kappa shape index (κ2) is 8.74. The van der Waals surface area contributed by atoms with Crippen LogP contribution in [0.1, 0.15) is 22.7 Å². The first-order valence-electron chi connectivity index (χ1n) is 12.2. The van der Waals surface area contributed by atoms with Gasteiger partial charge >= 0.3 is 5.97 Å². The second-order valence-electron chi connectivity index (χ2n) is 9.49. The van der Waals surface area contributed by atoms with Crippen LogP contribution in [0.3, 0.4) is 0 Å². The van der Waals surface area contributed by atoms with E-state index >= 15 is 0 Å². The Hall–Kier alpha value is -4.17. The maximum Gasteiger partial charge on any atom is 0.331 e. The van der Waals surface area contributed by atoms with E-state index in [4.69, 9.17) is 14.2 Å². The summed E-state index contributed by atoms with van der Waals surface area (Å²) in [6.45, 7) is 2.76. The number of rotatable bonds is 4. The molecule has 3 aromatic carbocycles. The molecular formula is C29H26N2O6. The van der Waals surface area contributed by atoms with Crippen LogP contribution in [0.15, 0.2) is 72.8 Å². The summed E-state index contributed by atoms with van der Waals surface area (Å²) in [6, 6.07) is 21.1. The van der Waals surface area contributed by atoms with Crippen molar-refractivity contribution >= 4 is 23.5 Å². The fourth-order valence-corrected chi connectivity index (χ4v) is 5.97. The minimum Gasteiger partial charge on any atom is -0.486 e. The van der Waals surface area contributed by atoms with E-state index in [0.717, 1.165) is 11.1 Å². The van der Waals surface area contributed by atoms with E-state index in [9.17, 15) is 14.4 Å². The fraction of sp³-hybridized carbons (Fsp3) is 0.276. The second-order valence-corrected chi connectivity index (χ2v) is 9.49. The summed E-state index contributed by atoms with van der Waals surface area (Å²) in [5.74, 6) is -2.29. The van der Waals surface area contributed by atoms with Crippen molar-refractivity contribution in [3.05, 3.63) is 89.5 Å². The molecule has 8 nitrogen and oxygen atoms in total. The molecule has 37 heavy (non-hydrogen) atoms. The molecule has 2 amide bonds. The molecule has 3 aliphatic heterocycles. The monoisotopic (exact) mass is 498 g/mol. The van der Waals surface area contributed by atoms with Gasteiger partial charge in [0.15, 0.2) is 17.0 Å². The Morgan fingerprint density at radius 1 is 0.946 bits per heavy atom. The summed E-state index contributed by atoms with van der Waals surface area (Å²) < 4.78 is 16.6. The SMILES string of the molecule is COC(=O)[C@]1(c2ccccc2)N[C@H](c2ccccc2C)[C@H]2C(=O)N(c3ccc4c(c3)OCCO4)C(=O)[C@@H]21. The van der Waals surface area contributed by atoms with Gasteiger partial charge in [-0.1, -0.05) is 54.6 Å². The predicted octanol–water partition coefficient (Wildman–Crippen LogP) is 3.28. The van der Waals surface area contributed by atoms with Crippen LogP contribution in [0.4, 0.5) is 5.69 Å². The zero-order chi connectivity index (χ0) is 25.7. The zero-order valence-corrected chi connectivity index (χ0v) is 20.5. The normalized spacial score (nSPS) is 26.2. The minimum atomic E-state index is -1.55. The van der Waals surface area contributed by atoms with E-state index in [1.54, 1.807) is 42.5 Å². The van der Waals surface area contributed by atoms with Gasteiger partial charge in [0.1, 0.15) is 13.2 Å². The number of hydrogen-bond acceptors (Lipinski definition) is 7. The average molecular weight is 499 g/mol. The van der Waals surface area contributed by atoms with Crippen molar-refractivity contribution in [2.75, 3.05) is 25.2 Å². The van der Waals surface area contributed by atoms with Crippen molar-refractivity contribution in [1.82, 2.24) is 5.32 Å². The summed E-state index contributed by atoms with van der Waals surface area (Å²) in [6.07, 6.45) is 0. The van der Waals surface area contributed by atoms with Crippen LogP contribution >= 0.6 is 0 Å². The molecule has 1 N–H and O–H groups in total. The molecule has 6 rings (SSSR count). The molecule has 0 unspecified atom stereocenters. The number of amides is 2. The lowest BCUT2D eigenvalue weighted by Crippen LogP contribution is -2.53. The Morgan fingerprint density at radius 2 is 1.65 bits per heavy atom. The average Bonchev–Trinajstić information content (AvgIpc) is 3.42. The lowest BCUT2D eigenvalue weighted by Gasteiger charge is -2.33. The zero-order valence-electron chi connectivity index (χ0n) is 20.5. The number of anilines is 1. The number of nitrogens with one attached hydrogen (secondary N) is 1. The van der Waals surface area contributed by atoms with E-state index in [-0.39, 0.29) is 5.91 Å². The Labute approximate surface area is 214 Å². The quantitative estimate of drug-likeness (QED) is 0.436. The molecule has 2 saturated heterocycles. The molecule has 0 bridgehead atoms. The Bertz CT molecular complexity index is 1410. The third kappa shape index (κ3) is 3.36. The van der Waals surface area contributed by atoms with Crippen molar-refractivity contribution in [2.24, 2.45) is 11.8 Å². The van der Waals surface area contributed by atoms with Crippen LogP contribution in [0.2, 0.25) is 0 Å². The van der Waals surface area contributed by atoms with E-state index < -0.39 is 35.3 Å². The van der Waals surface area contributed by atoms with Gasteiger partial charge in [-0.25, -0.2) is 9.69 Å². The number of carbonyl (C=O) groups excluding carboxylic acids is 3. The van der Waals surface area contributed by atoms with Gasteiger partial charge in [-0.05, 0) is 35.7 Å². The third-order valence-electron chi connectivity index (χ3n) is 7.60. The van der Waals surface area contributed by atoms with Crippen molar-refractivity contribution in [1.29, 1.82) is 0 Å². The molecule has 3 heterocycles. The molecule has 2 fully saturated rings. The largest absolute Gasteiger partial charge is 0.486 e. The number of fused-ring (bicyclic) bond motifs is 2. The topological polar surface area (TPSA) is 94.2 Å². The van der Waals surface area contributed by atoms with Gasteiger partial charge in [0.05, 0.1) is 24.6 Å². The highest BCUT2D eigenvalue weighted by Crippen LogP contribution is 2.54. The van der Waals surface area contributed by atoms with Gasteiger partial charge in [-0.3, -0.25) is 14.9 Å². The van der Waals surface area contributed by atoms with Gasteiger partial charge in [0.25, 0.3) is 0 Å². The van der Waals surface area contributed by atoms with Crippen molar-refractivity contribution in [2.45, 2.75) is 18.5 Å². The van der Waals surface area contributed by atoms with Crippen LogP contribution in [-0.2, 0) is 24.7 Å². The van der Waals surface area contributed by atoms with E-state index in [1.165, 1.54) is 12.0 Å². The molecule has 0 aliphatic carbocycles. The van der Waals surface area contributed by atoms with Crippen LogP contribution in [0.5, 0.6) is 11.5 Å².